The maximum atomic E-state index is 12.9. The van der Waals surface area contributed by atoms with Crippen LogP contribution in [0.1, 0.15) is 45.3 Å². The number of hydrogen-bond acceptors (Lipinski definition) is 3. The number of sulfonamides is 1. The van der Waals surface area contributed by atoms with E-state index in [0.29, 0.717) is 11.7 Å². The van der Waals surface area contributed by atoms with Crippen LogP contribution >= 0.6 is 0 Å². The van der Waals surface area contributed by atoms with E-state index in [9.17, 15) is 13.2 Å². The van der Waals surface area contributed by atoms with Crippen molar-refractivity contribution in [2.75, 3.05) is 11.9 Å². The Morgan fingerprint density at radius 1 is 1.17 bits per heavy atom. The Bertz CT molecular complexity index is 951. The quantitative estimate of drug-likeness (QED) is 0.635. The summed E-state index contributed by atoms with van der Waals surface area (Å²) in [4.78, 5) is 14.3. The maximum Gasteiger partial charge on any atom is 0.282 e. The summed E-state index contributed by atoms with van der Waals surface area (Å²) in [5.74, 6) is -0.0583. The summed E-state index contributed by atoms with van der Waals surface area (Å²) in [5, 5.41) is 2.94. The van der Waals surface area contributed by atoms with Crippen molar-refractivity contribution in [3.8, 4) is 0 Å². The molecule has 2 heterocycles. The first kappa shape index (κ1) is 21.5. The summed E-state index contributed by atoms with van der Waals surface area (Å²) < 4.78 is 29.1. The molecule has 3 rings (SSSR count). The number of nitrogens with zero attached hydrogens (tertiary/aromatic N) is 1. The normalized spacial score (nSPS) is 20.7. The molecule has 1 saturated heterocycles. The molecule has 1 aromatic heterocycles. The minimum absolute atomic E-state index is 0.0583. The zero-order chi connectivity index (χ0) is 21.2. The van der Waals surface area contributed by atoms with Crippen LogP contribution in [0.5, 0.6) is 0 Å². The van der Waals surface area contributed by atoms with E-state index in [1.165, 1.54) is 22.7 Å². The van der Waals surface area contributed by atoms with Crippen molar-refractivity contribution in [2.45, 2.75) is 56.6 Å². The summed E-state index contributed by atoms with van der Waals surface area (Å²) in [7, 11) is -1.50. The molecule has 1 aromatic carbocycles. The van der Waals surface area contributed by atoms with Crippen LogP contribution in [0, 0.1) is 0 Å². The Kier molecular flexibility index (Phi) is 6.45. The van der Waals surface area contributed by atoms with Gasteiger partial charge in [0.15, 0.2) is 6.04 Å². The first-order chi connectivity index (χ1) is 13.7. The molecule has 0 spiro atoms. The van der Waals surface area contributed by atoms with Gasteiger partial charge in [0.05, 0.1) is 17.1 Å². The number of aryl methyl sites for hydroxylation is 1. The van der Waals surface area contributed by atoms with Crippen LogP contribution in [0.25, 0.3) is 0 Å². The van der Waals surface area contributed by atoms with Gasteiger partial charge in [-0.15, -0.1) is 0 Å². The molecule has 0 aliphatic carbocycles. The fourth-order valence-corrected chi connectivity index (χ4v) is 5.33. The lowest BCUT2D eigenvalue weighted by Crippen LogP contribution is -3.15. The highest BCUT2D eigenvalue weighted by molar-refractivity contribution is 7.89. The van der Waals surface area contributed by atoms with Gasteiger partial charge in [0.2, 0.25) is 10.0 Å². The largest absolute Gasteiger partial charge is 0.350 e. The van der Waals surface area contributed by atoms with Crippen molar-refractivity contribution in [2.24, 2.45) is 7.05 Å². The van der Waals surface area contributed by atoms with Gasteiger partial charge < -0.3 is 14.8 Å². The van der Waals surface area contributed by atoms with Crippen LogP contribution in [0.2, 0.25) is 0 Å². The number of hydrogen-bond donors (Lipinski definition) is 3. The van der Waals surface area contributed by atoms with Gasteiger partial charge in [0.25, 0.3) is 5.91 Å². The molecule has 1 unspecified atom stereocenters. The number of likely N-dealkylation sites (tertiary alicyclic amines) is 1. The number of anilines is 1. The van der Waals surface area contributed by atoms with Crippen molar-refractivity contribution in [3.63, 3.8) is 0 Å². The second-order valence-corrected chi connectivity index (χ2v) is 9.79. The van der Waals surface area contributed by atoms with Crippen LogP contribution in [0.4, 0.5) is 5.69 Å². The number of quaternary nitrogens is 1. The molecule has 3 atom stereocenters. The van der Waals surface area contributed by atoms with Gasteiger partial charge in [0.1, 0.15) is 6.04 Å². The monoisotopic (exact) mass is 419 g/mol. The molecule has 8 heteroatoms. The van der Waals surface area contributed by atoms with Gasteiger partial charge in [-0.2, -0.15) is 0 Å². The van der Waals surface area contributed by atoms with Crippen LogP contribution in [0.15, 0.2) is 47.5 Å². The Morgan fingerprint density at radius 2 is 1.86 bits per heavy atom. The summed E-state index contributed by atoms with van der Waals surface area (Å²) in [6.45, 7) is 6.47. The Morgan fingerprint density at radius 3 is 2.45 bits per heavy atom. The van der Waals surface area contributed by atoms with E-state index in [1.54, 1.807) is 26.0 Å². The van der Waals surface area contributed by atoms with E-state index < -0.39 is 10.0 Å². The topological polar surface area (TPSA) is 84.6 Å². The van der Waals surface area contributed by atoms with Crippen LogP contribution in [-0.2, 0) is 21.9 Å². The summed E-state index contributed by atoms with van der Waals surface area (Å²) in [6.07, 6.45) is 4.21. The molecule has 2 aromatic rings. The molecule has 29 heavy (non-hydrogen) atoms. The van der Waals surface area contributed by atoms with Crippen LogP contribution in [0.3, 0.4) is 0 Å². The van der Waals surface area contributed by atoms with E-state index in [0.717, 1.165) is 19.4 Å². The molecule has 158 valence electrons. The highest BCUT2D eigenvalue weighted by atomic mass is 32.2. The van der Waals surface area contributed by atoms with Crippen molar-refractivity contribution in [3.05, 3.63) is 48.3 Å². The SMILES string of the molecule is CC(C)NS(=O)(=O)c1ccc(NC(=O)[C@H](C)[NH+]2CCC[C@@H]2c2cccn2C)cc1. The van der Waals surface area contributed by atoms with Gasteiger partial charge in [0, 0.05) is 37.8 Å². The third-order valence-corrected chi connectivity index (χ3v) is 7.19. The maximum absolute atomic E-state index is 12.9. The zero-order valence-corrected chi connectivity index (χ0v) is 18.3. The molecular weight excluding hydrogens is 388 g/mol. The number of amides is 1. The minimum Gasteiger partial charge on any atom is -0.350 e. The number of rotatable bonds is 7. The highest BCUT2D eigenvalue weighted by Crippen LogP contribution is 2.20. The first-order valence-corrected chi connectivity index (χ1v) is 11.6. The predicted molar refractivity (Wildman–Crippen MR) is 113 cm³/mol. The van der Waals surface area contributed by atoms with Crippen molar-refractivity contribution < 1.29 is 18.1 Å². The zero-order valence-electron chi connectivity index (χ0n) is 17.5. The van der Waals surface area contributed by atoms with Crippen LogP contribution < -0.4 is 14.9 Å². The molecule has 1 aliphatic heterocycles. The van der Waals surface area contributed by atoms with Crippen LogP contribution in [-0.4, -0.2) is 37.5 Å². The first-order valence-electron chi connectivity index (χ1n) is 10.1. The third kappa shape index (κ3) is 4.88. The number of aromatic nitrogens is 1. The number of carbonyl (C=O) groups is 1. The van der Waals surface area contributed by atoms with E-state index in [-0.39, 0.29) is 22.9 Å². The molecule has 1 fully saturated rings. The number of nitrogens with one attached hydrogen (secondary N) is 3. The third-order valence-electron chi connectivity index (χ3n) is 5.52. The fourth-order valence-electron chi connectivity index (χ4n) is 4.08. The van der Waals surface area contributed by atoms with E-state index in [4.69, 9.17) is 0 Å². The highest BCUT2D eigenvalue weighted by Gasteiger charge is 2.38. The van der Waals surface area contributed by atoms with Gasteiger partial charge in [-0.3, -0.25) is 4.79 Å². The molecule has 0 bridgehead atoms. The van der Waals surface area contributed by atoms with Crippen molar-refractivity contribution in [1.29, 1.82) is 0 Å². The minimum atomic E-state index is -3.54. The molecule has 0 radical (unpaired) electrons. The summed E-state index contributed by atoms with van der Waals surface area (Å²) >= 11 is 0. The summed E-state index contributed by atoms with van der Waals surface area (Å²) in [5.41, 5.74) is 1.85. The molecule has 0 saturated carbocycles. The molecular formula is C21H31N4O3S+. The Balaban J connectivity index is 1.67. The number of benzene rings is 1. The van der Waals surface area contributed by atoms with Crippen molar-refractivity contribution >= 4 is 21.6 Å². The predicted octanol–water partition coefficient (Wildman–Crippen LogP) is 1.46. The van der Waals surface area contributed by atoms with Gasteiger partial charge in [-0.05, 0) is 57.2 Å². The molecule has 7 nitrogen and oxygen atoms in total. The smallest absolute Gasteiger partial charge is 0.282 e. The van der Waals surface area contributed by atoms with E-state index in [1.807, 2.05) is 26.2 Å². The second kappa shape index (κ2) is 8.69. The molecule has 3 N–H and O–H groups in total. The van der Waals surface area contributed by atoms with Crippen molar-refractivity contribution in [1.82, 2.24) is 9.29 Å². The lowest BCUT2D eigenvalue weighted by atomic mass is 10.1. The van der Waals surface area contributed by atoms with E-state index >= 15 is 0 Å². The average Bonchev–Trinajstić information content (AvgIpc) is 3.28. The molecule has 1 aliphatic rings. The van der Waals surface area contributed by atoms with Gasteiger partial charge in [-0.1, -0.05) is 0 Å². The van der Waals surface area contributed by atoms with Gasteiger partial charge in [-0.25, -0.2) is 13.1 Å². The average molecular weight is 420 g/mol. The van der Waals surface area contributed by atoms with E-state index in [2.05, 4.69) is 20.7 Å². The number of carbonyl (C=O) groups excluding carboxylic acids is 1. The Hall–Kier alpha value is -2.16. The second-order valence-electron chi connectivity index (χ2n) is 8.07. The molecule has 1 amide bonds. The summed E-state index contributed by atoms with van der Waals surface area (Å²) in [6, 6.07) is 10.4. The Labute approximate surface area is 173 Å². The standard InChI is InChI=1S/C21H30N4O3S/c1-15(2)23-29(27,28)18-11-9-17(10-12-18)22-21(26)16(3)25-14-6-8-20(25)19-7-5-13-24(19)4/h5,7,9-13,15-16,20,23H,6,8,14H2,1-4H3,(H,22,26)/p+1/t16-,20+/m0/s1. The lowest BCUT2D eigenvalue weighted by Gasteiger charge is -2.27. The lowest BCUT2D eigenvalue weighted by molar-refractivity contribution is -0.932. The van der Waals surface area contributed by atoms with Gasteiger partial charge >= 0.3 is 0 Å². The fraction of sp³-hybridized carbons (Fsp3) is 0.476.